The molecule has 0 spiro atoms. The maximum atomic E-state index is 11.2. The molecule has 0 saturated carbocycles. The van der Waals surface area contributed by atoms with Gasteiger partial charge in [0.05, 0.1) is 13.0 Å². The Kier molecular flexibility index (Phi) is 6.91. The molecule has 92 valence electrons. The van der Waals surface area contributed by atoms with E-state index < -0.39 is 23.9 Å². The predicted octanol–water partition coefficient (Wildman–Crippen LogP) is 0.309. The van der Waals surface area contributed by atoms with Crippen LogP contribution in [0.2, 0.25) is 0 Å². The SMILES string of the molecule is CCOC(=O)CCC(=O)N[C@@H](CC)C(=O)O. The number of amides is 1. The molecule has 0 rings (SSSR count). The molecule has 0 aliphatic heterocycles. The van der Waals surface area contributed by atoms with Gasteiger partial charge in [-0.1, -0.05) is 6.92 Å². The first kappa shape index (κ1) is 14.4. The number of rotatable bonds is 7. The van der Waals surface area contributed by atoms with Crippen LogP contribution in [0.3, 0.4) is 0 Å². The number of carbonyl (C=O) groups excluding carboxylic acids is 2. The van der Waals surface area contributed by atoms with Crippen LogP contribution < -0.4 is 5.32 Å². The summed E-state index contributed by atoms with van der Waals surface area (Å²) in [5.41, 5.74) is 0. The monoisotopic (exact) mass is 231 g/mol. The summed E-state index contributed by atoms with van der Waals surface area (Å²) in [6.07, 6.45) is 0.221. The molecule has 0 fully saturated rings. The molecule has 0 heterocycles. The molecule has 0 bridgehead atoms. The number of carboxylic acids is 1. The lowest BCUT2D eigenvalue weighted by Gasteiger charge is -2.11. The second-order valence-corrected chi connectivity index (χ2v) is 3.17. The minimum absolute atomic E-state index is 0.0320. The number of aliphatic carboxylic acids is 1. The molecule has 6 heteroatoms. The molecular weight excluding hydrogens is 214 g/mol. The van der Waals surface area contributed by atoms with Crippen molar-refractivity contribution >= 4 is 17.8 Å². The Morgan fingerprint density at radius 2 is 1.88 bits per heavy atom. The van der Waals surface area contributed by atoms with Gasteiger partial charge in [-0.2, -0.15) is 0 Å². The molecule has 6 nitrogen and oxygen atoms in total. The summed E-state index contributed by atoms with van der Waals surface area (Å²) in [6.45, 7) is 3.60. The molecule has 0 aromatic heterocycles. The van der Waals surface area contributed by atoms with E-state index >= 15 is 0 Å². The van der Waals surface area contributed by atoms with Gasteiger partial charge in [0.1, 0.15) is 6.04 Å². The highest BCUT2D eigenvalue weighted by atomic mass is 16.5. The molecule has 0 aliphatic carbocycles. The van der Waals surface area contributed by atoms with E-state index in [0.717, 1.165) is 0 Å². The number of carbonyl (C=O) groups is 3. The van der Waals surface area contributed by atoms with E-state index in [1.54, 1.807) is 13.8 Å². The molecular formula is C10H17NO5. The zero-order valence-corrected chi connectivity index (χ0v) is 9.49. The van der Waals surface area contributed by atoms with Crippen LogP contribution >= 0.6 is 0 Å². The van der Waals surface area contributed by atoms with E-state index in [1.807, 2.05) is 0 Å². The van der Waals surface area contributed by atoms with Gasteiger partial charge >= 0.3 is 11.9 Å². The Labute approximate surface area is 94.0 Å². The smallest absolute Gasteiger partial charge is 0.326 e. The van der Waals surface area contributed by atoms with Crippen molar-refractivity contribution in [1.29, 1.82) is 0 Å². The van der Waals surface area contributed by atoms with E-state index in [9.17, 15) is 14.4 Å². The molecule has 1 amide bonds. The average molecular weight is 231 g/mol. The summed E-state index contributed by atoms with van der Waals surface area (Å²) in [4.78, 5) is 32.8. The second-order valence-electron chi connectivity index (χ2n) is 3.17. The van der Waals surface area contributed by atoms with Crippen molar-refractivity contribution in [3.8, 4) is 0 Å². The Balaban J connectivity index is 3.89. The van der Waals surface area contributed by atoms with Crippen LogP contribution in [-0.4, -0.2) is 35.6 Å². The van der Waals surface area contributed by atoms with Crippen molar-refractivity contribution in [3.63, 3.8) is 0 Å². The Morgan fingerprint density at radius 3 is 2.31 bits per heavy atom. The van der Waals surface area contributed by atoms with Gasteiger partial charge in [0.2, 0.25) is 5.91 Å². The second kappa shape index (κ2) is 7.67. The van der Waals surface area contributed by atoms with Crippen LogP contribution in [0.25, 0.3) is 0 Å². The predicted molar refractivity (Wildman–Crippen MR) is 55.7 cm³/mol. The molecule has 0 saturated heterocycles. The highest BCUT2D eigenvalue weighted by Crippen LogP contribution is 1.96. The van der Waals surface area contributed by atoms with Crippen LogP contribution in [0, 0.1) is 0 Å². The topological polar surface area (TPSA) is 92.7 Å². The van der Waals surface area contributed by atoms with Gasteiger partial charge in [0.25, 0.3) is 0 Å². The van der Waals surface area contributed by atoms with Crippen molar-refractivity contribution in [2.75, 3.05) is 6.61 Å². The van der Waals surface area contributed by atoms with Gasteiger partial charge in [0.15, 0.2) is 0 Å². The third-order valence-corrected chi connectivity index (χ3v) is 1.90. The zero-order chi connectivity index (χ0) is 12.6. The van der Waals surface area contributed by atoms with Crippen LogP contribution in [0.5, 0.6) is 0 Å². The van der Waals surface area contributed by atoms with E-state index in [0.29, 0.717) is 6.42 Å². The van der Waals surface area contributed by atoms with Gasteiger partial charge in [-0.05, 0) is 13.3 Å². The average Bonchev–Trinajstić information content (AvgIpc) is 2.23. The number of hydrogen-bond acceptors (Lipinski definition) is 4. The fourth-order valence-electron chi connectivity index (χ4n) is 1.05. The quantitative estimate of drug-likeness (QED) is 0.615. The molecule has 0 radical (unpaired) electrons. The van der Waals surface area contributed by atoms with Crippen molar-refractivity contribution < 1.29 is 24.2 Å². The first-order valence-electron chi connectivity index (χ1n) is 5.19. The fraction of sp³-hybridized carbons (Fsp3) is 0.700. The van der Waals surface area contributed by atoms with Crippen molar-refractivity contribution in [2.24, 2.45) is 0 Å². The maximum absolute atomic E-state index is 11.2. The van der Waals surface area contributed by atoms with Gasteiger partial charge in [-0.3, -0.25) is 9.59 Å². The Bertz CT molecular complexity index is 264. The zero-order valence-electron chi connectivity index (χ0n) is 9.49. The first-order chi connectivity index (χ1) is 7.51. The number of ether oxygens (including phenoxy) is 1. The number of hydrogen-bond donors (Lipinski definition) is 2. The fourth-order valence-corrected chi connectivity index (χ4v) is 1.05. The van der Waals surface area contributed by atoms with Crippen molar-refractivity contribution in [1.82, 2.24) is 5.32 Å². The van der Waals surface area contributed by atoms with Crippen LogP contribution in [0.15, 0.2) is 0 Å². The summed E-state index contributed by atoms with van der Waals surface area (Å²) in [6, 6.07) is -0.894. The third kappa shape index (κ3) is 6.00. The molecule has 0 aliphatic rings. The minimum Gasteiger partial charge on any atom is -0.480 e. The summed E-state index contributed by atoms with van der Waals surface area (Å²) < 4.78 is 4.64. The molecule has 0 aromatic rings. The molecule has 2 N–H and O–H groups in total. The minimum atomic E-state index is -1.08. The van der Waals surface area contributed by atoms with E-state index in [-0.39, 0.29) is 19.4 Å². The molecule has 0 unspecified atom stereocenters. The highest BCUT2D eigenvalue weighted by Gasteiger charge is 2.17. The number of esters is 1. The molecule has 16 heavy (non-hydrogen) atoms. The van der Waals surface area contributed by atoms with Gasteiger partial charge < -0.3 is 15.2 Å². The number of carboxylic acid groups (broad SMARTS) is 1. The number of nitrogens with one attached hydrogen (secondary N) is 1. The normalized spacial score (nSPS) is 11.6. The standard InChI is InChI=1S/C10H17NO5/c1-3-7(10(14)15)11-8(12)5-6-9(13)16-4-2/h7H,3-6H2,1-2H3,(H,11,12)(H,14,15)/t7-/m0/s1. The van der Waals surface area contributed by atoms with Gasteiger partial charge in [-0.25, -0.2) is 4.79 Å². The lowest BCUT2D eigenvalue weighted by Crippen LogP contribution is -2.40. The maximum Gasteiger partial charge on any atom is 0.326 e. The lowest BCUT2D eigenvalue weighted by molar-refractivity contribution is -0.144. The summed E-state index contributed by atoms with van der Waals surface area (Å²) in [5, 5.41) is 11.0. The van der Waals surface area contributed by atoms with Crippen molar-refractivity contribution in [2.45, 2.75) is 39.2 Å². The van der Waals surface area contributed by atoms with Crippen molar-refractivity contribution in [3.05, 3.63) is 0 Å². The Morgan fingerprint density at radius 1 is 1.25 bits per heavy atom. The first-order valence-corrected chi connectivity index (χ1v) is 5.19. The van der Waals surface area contributed by atoms with Gasteiger partial charge in [-0.15, -0.1) is 0 Å². The molecule has 1 atom stereocenters. The highest BCUT2D eigenvalue weighted by molar-refractivity contribution is 5.85. The van der Waals surface area contributed by atoms with Crippen LogP contribution in [0.4, 0.5) is 0 Å². The lowest BCUT2D eigenvalue weighted by atomic mass is 10.2. The molecule has 0 aromatic carbocycles. The van der Waals surface area contributed by atoms with E-state index in [2.05, 4.69) is 10.1 Å². The van der Waals surface area contributed by atoms with Crippen LogP contribution in [-0.2, 0) is 19.1 Å². The van der Waals surface area contributed by atoms with E-state index in [1.165, 1.54) is 0 Å². The summed E-state index contributed by atoms with van der Waals surface area (Å²) in [7, 11) is 0. The summed E-state index contributed by atoms with van der Waals surface area (Å²) >= 11 is 0. The van der Waals surface area contributed by atoms with Crippen LogP contribution in [0.1, 0.15) is 33.1 Å². The summed E-state index contributed by atoms with van der Waals surface area (Å²) in [5.74, 6) is -1.99. The van der Waals surface area contributed by atoms with E-state index in [4.69, 9.17) is 5.11 Å². The largest absolute Gasteiger partial charge is 0.480 e. The Hall–Kier alpha value is -1.59. The van der Waals surface area contributed by atoms with Gasteiger partial charge in [0, 0.05) is 6.42 Å². The third-order valence-electron chi connectivity index (χ3n) is 1.90.